The molecule has 0 saturated carbocycles. The van der Waals surface area contributed by atoms with Gasteiger partial charge in [-0.1, -0.05) is 5.21 Å². The molecule has 0 spiro atoms. The maximum absolute atomic E-state index is 12.1. The van der Waals surface area contributed by atoms with Gasteiger partial charge in [-0.2, -0.15) is 0 Å². The van der Waals surface area contributed by atoms with E-state index in [9.17, 15) is 4.79 Å². The number of ether oxygens (including phenoxy) is 1. The van der Waals surface area contributed by atoms with Crippen LogP contribution >= 0.6 is 0 Å². The molecule has 2 unspecified atom stereocenters. The molecule has 2 saturated heterocycles. The van der Waals surface area contributed by atoms with E-state index in [-0.39, 0.29) is 11.9 Å². The molecule has 0 aromatic carbocycles. The molecule has 7 nitrogen and oxygen atoms in total. The van der Waals surface area contributed by atoms with E-state index < -0.39 is 0 Å². The molecule has 0 bridgehead atoms. The first-order valence-electron chi connectivity index (χ1n) is 6.75. The Hall–Kier alpha value is -1.47. The summed E-state index contributed by atoms with van der Waals surface area (Å²) in [4.78, 5) is 12.1. The molecule has 0 aliphatic carbocycles. The number of rotatable bonds is 4. The molecule has 104 valence electrons. The van der Waals surface area contributed by atoms with Crippen LogP contribution < -0.4 is 10.6 Å². The van der Waals surface area contributed by atoms with Gasteiger partial charge in [-0.25, -0.2) is 4.68 Å². The Morgan fingerprint density at radius 1 is 1.63 bits per heavy atom. The molecular formula is C12H19N5O2. The van der Waals surface area contributed by atoms with Crippen LogP contribution in [0.5, 0.6) is 0 Å². The van der Waals surface area contributed by atoms with Crippen molar-refractivity contribution in [2.75, 3.05) is 26.3 Å². The van der Waals surface area contributed by atoms with Gasteiger partial charge in [-0.15, -0.1) is 5.10 Å². The molecule has 3 rings (SSSR count). The molecule has 1 aromatic rings. The van der Waals surface area contributed by atoms with Gasteiger partial charge in [-0.3, -0.25) is 4.79 Å². The van der Waals surface area contributed by atoms with Gasteiger partial charge in [0.15, 0.2) is 5.69 Å². The molecule has 3 heterocycles. The zero-order valence-electron chi connectivity index (χ0n) is 11.0. The van der Waals surface area contributed by atoms with Gasteiger partial charge in [0, 0.05) is 31.7 Å². The average molecular weight is 265 g/mol. The fraction of sp³-hybridized carbons (Fsp3) is 0.750. The summed E-state index contributed by atoms with van der Waals surface area (Å²) >= 11 is 0. The van der Waals surface area contributed by atoms with Crippen molar-refractivity contribution in [1.29, 1.82) is 0 Å². The van der Waals surface area contributed by atoms with Gasteiger partial charge in [0.2, 0.25) is 0 Å². The molecule has 1 amide bonds. The highest BCUT2D eigenvalue weighted by molar-refractivity contribution is 5.92. The molecule has 2 aliphatic heterocycles. The highest BCUT2D eigenvalue weighted by Crippen LogP contribution is 2.16. The van der Waals surface area contributed by atoms with Gasteiger partial charge in [0.25, 0.3) is 5.91 Å². The van der Waals surface area contributed by atoms with Crippen LogP contribution in [0.15, 0.2) is 6.20 Å². The lowest BCUT2D eigenvalue weighted by Crippen LogP contribution is -2.43. The van der Waals surface area contributed by atoms with Crippen LogP contribution in [0, 0.1) is 5.92 Å². The summed E-state index contributed by atoms with van der Waals surface area (Å²) in [7, 11) is 0. The average Bonchev–Trinajstić information content (AvgIpc) is 2.97. The Morgan fingerprint density at radius 2 is 2.47 bits per heavy atom. The van der Waals surface area contributed by atoms with E-state index in [0.717, 1.165) is 32.7 Å². The standard InChI is InChI=1S/C12H19N5O2/c1-8(9-2-3-19-7-9)14-12(18)11-6-17(16-15-11)10-4-13-5-10/h6,8-10,13H,2-5,7H2,1H3,(H,14,18). The molecule has 0 radical (unpaired) electrons. The van der Waals surface area contributed by atoms with Crippen molar-refractivity contribution in [3.05, 3.63) is 11.9 Å². The van der Waals surface area contributed by atoms with Crippen LogP contribution in [-0.2, 0) is 4.74 Å². The highest BCUT2D eigenvalue weighted by Gasteiger charge is 2.26. The maximum atomic E-state index is 12.1. The third kappa shape index (κ3) is 2.62. The Labute approximate surface area is 111 Å². The fourth-order valence-electron chi connectivity index (χ4n) is 2.37. The molecule has 2 N–H and O–H groups in total. The number of amides is 1. The highest BCUT2D eigenvalue weighted by atomic mass is 16.5. The van der Waals surface area contributed by atoms with E-state index in [4.69, 9.17) is 4.74 Å². The Bertz CT molecular complexity index is 451. The number of nitrogens with zero attached hydrogens (tertiary/aromatic N) is 3. The topological polar surface area (TPSA) is 81.1 Å². The van der Waals surface area contributed by atoms with E-state index in [1.165, 1.54) is 0 Å². The zero-order valence-corrected chi connectivity index (χ0v) is 11.0. The van der Waals surface area contributed by atoms with Gasteiger partial charge < -0.3 is 15.4 Å². The lowest BCUT2D eigenvalue weighted by molar-refractivity contribution is 0.0917. The molecule has 2 fully saturated rings. The van der Waals surface area contributed by atoms with Crippen molar-refractivity contribution < 1.29 is 9.53 Å². The van der Waals surface area contributed by atoms with Gasteiger partial charge in [0.1, 0.15) is 0 Å². The Balaban J connectivity index is 1.58. The van der Waals surface area contributed by atoms with Gasteiger partial charge in [-0.05, 0) is 13.3 Å². The van der Waals surface area contributed by atoms with Crippen molar-refractivity contribution in [1.82, 2.24) is 25.6 Å². The van der Waals surface area contributed by atoms with Gasteiger partial charge in [0.05, 0.1) is 18.8 Å². The van der Waals surface area contributed by atoms with Crippen LogP contribution in [0.2, 0.25) is 0 Å². The van der Waals surface area contributed by atoms with E-state index in [1.54, 1.807) is 10.9 Å². The summed E-state index contributed by atoms with van der Waals surface area (Å²) in [6.45, 7) is 5.30. The summed E-state index contributed by atoms with van der Waals surface area (Å²) in [6.07, 6.45) is 2.72. The largest absolute Gasteiger partial charge is 0.381 e. The third-order valence-electron chi connectivity index (χ3n) is 3.91. The lowest BCUT2D eigenvalue weighted by Gasteiger charge is -2.26. The number of hydrogen-bond donors (Lipinski definition) is 2. The van der Waals surface area contributed by atoms with Crippen LogP contribution in [0.1, 0.15) is 29.9 Å². The minimum atomic E-state index is -0.155. The SMILES string of the molecule is CC(NC(=O)c1cn(C2CNC2)nn1)C1CCOC1. The maximum Gasteiger partial charge on any atom is 0.273 e. The summed E-state index contributed by atoms with van der Waals surface area (Å²) in [6, 6.07) is 0.431. The quantitative estimate of drug-likeness (QED) is 0.772. The summed E-state index contributed by atoms with van der Waals surface area (Å²) in [5, 5.41) is 14.1. The predicted molar refractivity (Wildman–Crippen MR) is 67.8 cm³/mol. The van der Waals surface area contributed by atoms with Crippen molar-refractivity contribution >= 4 is 5.91 Å². The predicted octanol–water partition coefficient (Wildman–Crippen LogP) is -0.423. The first-order valence-corrected chi connectivity index (χ1v) is 6.75. The van der Waals surface area contributed by atoms with Crippen LogP contribution in [0.4, 0.5) is 0 Å². The smallest absolute Gasteiger partial charge is 0.273 e. The normalized spacial score (nSPS) is 25.0. The number of nitrogens with one attached hydrogen (secondary N) is 2. The summed E-state index contributed by atoms with van der Waals surface area (Å²) < 4.78 is 7.09. The molecule has 2 aliphatic rings. The van der Waals surface area contributed by atoms with Crippen LogP contribution in [0.3, 0.4) is 0 Å². The number of carbonyl (C=O) groups excluding carboxylic acids is 1. The van der Waals surface area contributed by atoms with Crippen molar-refractivity contribution in [2.24, 2.45) is 5.92 Å². The number of carbonyl (C=O) groups is 1. The molecule has 2 atom stereocenters. The van der Waals surface area contributed by atoms with Gasteiger partial charge >= 0.3 is 0 Å². The van der Waals surface area contributed by atoms with Crippen molar-refractivity contribution in [3.8, 4) is 0 Å². The second-order valence-corrected chi connectivity index (χ2v) is 5.28. The first kappa shape index (κ1) is 12.6. The second-order valence-electron chi connectivity index (χ2n) is 5.28. The summed E-state index contributed by atoms with van der Waals surface area (Å²) in [5.74, 6) is 0.243. The molecule has 1 aromatic heterocycles. The van der Waals surface area contributed by atoms with Crippen molar-refractivity contribution in [2.45, 2.75) is 25.4 Å². The molecular weight excluding hydrogens is 246 g/mol. The van der Waals surface area contributed by atoms with Crippen LogP contribution in [0.25, 0.3) is 0 Å². The molecule has 7 heteroatoms. The number of hydrogen-bond acceptors (Lipinski definition) is 5. The Morgan fingerprint density at radius 3 is 3.11 bits per heavy atom. The number of aromatic nitrogens is 3. The first-order chi connectivity index (χ1) is 9.24. The zero-order chi connectivity index (χ0) is 13.2. The fourth-order valence-corrected chi connectivity index (χ4v) is 2.37. The van der Waals surface area contributed by atoms with E-state index >= 15 is 0 Å². The minimum absolute atomic E-state index is 0.102. The van der Waals surface area contributed by atoms with E-state index in [2.05, 4.69) is 20.9 Å². The minimum Gasteiger partial charge on any atom is -0.381 e. The second kappa shape index (κ2) is 5.26. The van der Waals surface area contributed by atoms with E-state index in [0.29, 0.717) is 17.7 Å². The van der Waals surface area contributed by atoms with E-state index in [1.807, 2.05) is 6.92 Å². The summed E-state index contributed by atoms with van der Waals surface area (Å²) in [5.41, 5.74) is 0.387. The molecule has 19 heavy (non-hydrogen) atoms. The lowest BCUT2D eigenvalue weighted by atomic mass is 10.0. The third-order valence-corrected chi connectivity index (χ3v) is 3.91. The Kier molecular flexibility index (Phi) is 3.48. The monoisotopic (exact) mass is 265 g/mol. The van der Waals surface area contributed by atoms with Crippen molar-refractivity contribution in [3.63, 3.8) is 0 Å². The van der Waals surface area contributed by atoms with Crippen LogP contribution in [-0.4, -0.2) is 53.2 Å².